The van der Waals surface area contributed by atoms with Gasteiger partial charge in [0, 0.05) is 16.8 Å². The highest BCUT2D eigenvalue weighted by atomic mass is 32.2. The van der Waals surface area contributed by atoms with Crippen molar-refractivity contribution in [2.45, 2.75) is 5.16 Å². The van der Waals surface area contributed by atoms with Crippen LogP contribution >= 0.6 is 11.8 Å². The Labute approximate surface area is 236 Å². The maximum atomic E-state index is 12.7. The minimum absolute atomic E-state index is 0.0529. The van der Waals surface area contributed by atoms with E-state index in [9.17, 15) is 4.79 Å². The van der Waals surface area contributed by atoms with Gasteiger partial charge in [-0.05, 0) is 42.5 Å². The number of carbonyl (C=O) groups is 1. The summed E-state index contributed by atoms with van der Waals surface area (Å²) >= 11 is 1.23. The van der Waals surface area contributed by atoms with E-state index in [0.29, 0.717) is 45.3 Å². The van der Waals surface area contributed by atoms with Crippen molar-refractivity contribution in [2.75, 3.05) is 41.3 Å². The van der Waals surface area contributed by atoms with Crippen molar-refractivity contribution in [1.29, 1.82) is 0 Å². The number of para-hydroxylation sites is 1. The van der Waals surface area contributed by atoms with Crippen molar-refractivity contribution >= 4 is 23.9 Å². The second-order valence-electron chi connectivity index (χ2n) is 8.05. The number of nitrogens with one attached hydrogen (secondary N) is 1. The van der Waals surface area contributed by atoms with E-state index in [1.54, 1.807) is 33.5 Å². The van der Waals surface area contributed by atoms with Crippen molar-refractivity contribution in [1.82, 2.24) is 20.2 Å². The predicted molar refractivity (Wildman–Crippen MR) is 152 cm³/mol. The van der Waals surface area contributed by atoms with Gasteiger partial charge in [-0.1, -0.05) is 30.0 Å². The number of benzene rings is 3. The van der Waals surface area contributed by atoms with Crippen molar-refractivity contribution in [3.05, 3.63) is 66.2 Å². The summed E-state index contributed by atoms with van der Waals surface area (Å²) in [4.78, 5) is 12.7. The van der Waals surface area contributed by atoms with Crippen LogP contribution in [0.5, 0.6) is 28.7 Å². The summed E-state index contributed by atoms with van der Waals surface area (Å²) in [7, 11) is 7.73. The molecular weight excluding hydrogens is 534 g/mol. The van der Waals surface area contributed by atoms with Gasteiger partial charge in [0.05, 0.1) is 47.5 Å². The fourth-order valence-corrected chi connectivity index (χ4v) is 4.64. The first-order chi connectivity index (χ1) is 19.5. The zero-order valence-corrected chi connectivity index (χ0v) is 23.5. The molecule has 0 atom stereocenters. The Morgan fingerprint density at radius 1 is 0.850 bits per heavy atom. The molecule has 12 heteroatoms. The molecule has 1 N–H and O–H groups in total. The normalized spacial score (nSPS) is 10.8. The van der Waals surface area contributed by atoms with Crippen LogP contribution in [0.2, 0.25) is 0 Å². The average Bonchev–Trinajstić information content (AvgIpc) is 3.43. The van der Waals surface area contributed by atoms with E-state index in [0.717, 1.165) is 11.3 Å². The van der Waals surface area contributed by atoms with E-state index in [1.165, 1.54) is 32.2 Å². The Morgan fingerprint density at radius 2 is 1.55 bits per heavy atom. The van der Waals surface area contributed by atoms with Gasteiger partial charge in [-0.25, -0.2) is 5.43 Å². The Hall–Kier alpha value is -4.71. The molecule has 208 valence electrons. The van der Waals surface area contributed by atoms with Crippen LogP contribution in [0.3, 0.4) is 0 Å². The molecule has 1 amide bonds. The van der Waals surface area contributed by atoms with E-state index < -0.39 is 0 Å². The van der Waals surface area contributed by atoms with Crippen molar-refractivity contribution in [3.63, 3.8) is 0 Å². The lowest BCUT2D eigenvalue weighted by atomic mass is 10.2. The molecule has 0 aliphatic rings. The van der Waals surface area contributed by atoms with Gasteiger partial charge < -0.3 is 23.7 Å². The van der Waals surface area contributed by atoms with Crippen LogP contribution in [0, 0.1) is 0 Å². The SMILES string of the molecule is COc1ccc(-c2nnc(SCC(=O)N/N=C\c3ccc(OC)c(OC)c3OC)n2-c2ccccc2)cc1OC. The summed E-state index contributed by atoms with van der Waals surface area (Å²) in [6, 6.07) is 18.7. The smallest absolute Gasteiger partial charge is 0.250 e. The highest BCUT2D eigenvalue weighted by Crippen LogP contribution is 2.39. The van der Waals surface area contributed by atoms with Gasteiger partial charge in [0.15, 0.2) is 34.0 Å². The number of amides is 1. The topological polar surface area (TPSA) is 118 Å². The van der Waals surface area contributed by atoms with Crippen LogP contribution in [0.25, 0.3) is 17.1 Å². The molecule has 0 saturated carbocycles. The summed E-state index contributed by atoms with van der Waals surface area (Å²) < 4.78 is 28.8. The minimum Gasteiger partial charge on any atom is -0.493 e. The average molecular weight is 564 g/mol. The first-order valence-corrected chi connectivity index (χ1v) is 13.0. The van der Waals surface area contributed by atoms with Gasteiger partial charge in [-0.3, -0.25) is 9.36 Å². The lowest BCUT2D eigenvalue weighted by Crippen LogP contribution is -2.20. The maximum absolute atomic E-state index is 12.7. The highest BCUT2D eigenvalue weighted by Gasteiger charge is 2.19. The number of carbonyl (C=O) groups excluding carboxylic acids is 1. The first kappa shape index (κ1) is 28.3. The molecule has 0 aliphatic heterocycles. The zero-order chi connectivity index (χ0) is 28.5. The van der Waals surface area contributed by atoms with Gasteiger partial charge in [0.1, 0.15) is 0 Å². The van der Waals surface area contributed by atoms with Gasteiger partial charge in [-0.15, -0.1) is 10.2 Å². The molecule has 40 heavy (non-hydrogen) atoms. The highest BCUT2D eigenvalue weighted by molar-refractivity contribution is 7.99. The second kappa shape index (κ2) is 13.4. The third kappa shape index (κ3) is 6.12. The Bertz CT molecular complexity index is 1490. The molecule has 0 bridgehead atoms. The molecule has 4 rings (SSSR count). The van der Waals surface area contributed by atoms with Crippen molar-refractivity contribution in [3.8, 4) is 45.8 Å². The minimum atomic E-state index is -0.323. The summed E-state index contributed by atoms with van der Waals surface area (Å²) in [6.45, 7) is 0. The van der Waals surface area contributed by atoms with E-state index in [1.807, 2.05) is 53.1 Å². The Kier molecular flexibility index (Phi) is 9.47. The lowest BCUT2D eigenvalue weighted by Gasteiger charge is -2.13. The molecule has 1 heterocycles. The molecular formula is C28H29N5O6S. The fourth-order valence-electron chi connectivity index (χ4n) is 3.90. The van der Waals surface area contributed by atoms with E-state index in [2.05, 4.69) is 20.7 Å². The van der Waals surface area contributed by atoms with Gasteiger partial charge in [-0.2, -0.15) is 5.10 Å². The van der Waals surface area contributed by atoms with E-state index >= 15 is 0 Å². The molecule has 0 spiro atoms. The molecule has 0 fully saturated rings. The van der Waals surface area contributed by atoms with Crippen LogP contribution in [-0.2, 0) is 4.79 Å². The third-order valence-corrected chi connectivity index (χ3v) is 6.68. The third-order valence-electron chi connectivity index (χ3n) is 5.75. The number of methoxy groups -OCH3 is 5. The number of hydrazone groups is 1. The predicted octanol–water partition coefficient (Wildman–Crippen LogP) is 4.22. The number of ether oxygens (including phenoxy) is 5. The van der Waals surface area contributed by atoms with E-state index in [4.69, 9.17) is 23.7 Å². The maximum Gasteiger partial charge on any atom is 0.250 e. The largest absolute Gasteiger partial charge is 0.493 e. The number of thioether (sulfide) groups is 1. The van der Waals surface area contributed by atoms with Gasteiger partial charge >= 0.3 is 0 Å². The molecule has 4 aromatic rings. The zero-order valence-electron chi connectivity index (χ0n) is 22.7. The second-order valence-corrected chi connectivity index (χ2v) is 8.99. The number of nitrogens with zero attached hydrogens (tertiary/aromatic N) is 4. The Morgan fingerprint density at radius 3 is 2.23 bits per heavy atom. The lowest BCUT2D eigenvalue weighted by molar-refractivity contribution is -0.118. The van der Waals surface area contributed by atoms with Crippen LogP contribution in [0.1, 0.15) is 5.56 Å². The summed E-state index contributed by atoms with van der Waals surface area (Å²) in [6.07, 6.45) is 1.48. The first-order valence-electron chi connectivity index (χ1n) is 12.0. The molecule has 0 saturated heterocycles. The van der Waals surface area contributed by atoms with Crippen molar-refractivity contribution in [2.24, 2.45) is 5.10 Å². The number of aromatic nitrogens is 3. The van der Waals surface area contributed by atoms with Gasteiger partial charge in [0.2, 0.25) is 5.75 Å². The van der Waals surface area contributed by atoms with Crippen LogP contribution < -0.4 is 29.1 Å². The van der Waals surface area contributed by atoms with Gasteiger partial charge in [0.25, 0.3) is 5.91 Å². The number of hydrogen-bond donors (Lipinski definition) is 1. The molecule has 0 aliphatic carbocycles. The quantitative estimate of drug-likeness (QED) is 0.154. The molecule has 3 aromatic carbocycles. The number of hydrogen-bond acceptors (Lipinski definition) is 10. The van der Waals surface area contributed by atoms with Crippen molar-refractivity contribution < 1.29 is 28.5 Å². The van der Waals surface area contributed by atoms with E-state index in [-0.39, 0.29) is 11.7 Å². The molecule has 0 unspecified atom stereocenters. The molecule has 1 aromatic heterocycles. The summed E-state index contributed by atoms with van der Waals surface area (Å²) in [5.41, 5.74) is 4.77. The van der Waals surface area contributed by atoms with Crippen LogP contribution in [0.4, 0.5) is 0 Å². The van der Waals surface area contributed by atoms with Crippen LogP contribution in [-0.4, -0.2) is 68.2 Å². The molecule has 11 nitrogen and oxygen atoms in total. The summed E-state index contributed by atoms with van der Waals surface area (Å²) in [5, 5.41) is 13.4. The summed E-state index contributed by atoms with van der Waals surface area (Å²) in [5.74, 6) is 2.89. The van der Waals surface area contributed by atoms with Crippen LogP contribution in [0.15, 0.2) is 70.9 Å². The molecule has 0 radical (unpaired) electrons. The monoisotopic (exact) mass is 563 g/mol. The number of rotatable bonds is 12. The fraction of sp³-hybridized carbons (Fsp3) is 0.214. The Balaban J connectivity index is 1.52. The standard InChI is InChI=1S/C28H29N5O6S/c1-35-21-13-11-18(15-23(21)37-3)27-31-32-28(33(27)20-9-7-6-8-10-20)40-17-24(34)30-29-16-19-12-14-22(36-2)26(39-5)25(19)38-4/h6-16H,17H2,1-5H3,(H,30,34)/b29-16-.